The Kier molecular flexibility index (Phi) is 7.41. The Morgan fingerprint density at radius 1 is 1.50 bits per heavy atom. The molecule has 112 valence electrons. The Balaban J connectivity index is 0.00000200. The van der Waals surface area contributed by atoms with Crippen LogP contribution >= 0.6 is 12.4 Å². The van der Waals surface area contributed by atoms with Crippen LogP contribution in [0.25, 0.3) is 0 Å². The van der Waals surface area contributed by atoms with Crippen LogP contribution in [0.15, 0.2) is 24.3 Å². The van der Waals surface area contributed by atoms with Crippen LogP contribution in [0.4, 0.5) is 0 Å². The average Bonchev–Trinajstić information content (AvgIpc) is 2.98. The molecule has 1 amide bonds. The van der Waals surface area contributed by atoms with E-state index in [0.29, 0.717) is 0 Å². The second-order valence-corrected chi connectivity index (χ2v) is 4.94. The Labute approximate surface area is 126 Å². The monoisotopic (exact) mass is 298 g/mol. The summed E-state index contributed by atoms with van der Waals surface area (Å²) in [7, 11) is 1.68. The van der Waals surface area contributed by atoms with Crippen LogP contribution in [0.2, 0.25) is 0 Å². The first-order chi connectivity index (χ1) is 9.29. The highest BCUT2D eigenvalue weighted by Gasteiger charge is 2.21. The molecule has 1 fully saturated rings. The molecular formula is C15H23ClN2O2. The normalized spacial score (nSPS) is 17.4. The number of rotatable bonds is 6. The minimum atomic E-state index is 0. The van der Waals surface area contributed by atoms with Gasteiger partial charge in [0, 0.05) is 13.1 Å². The van der Waals surface area contributed by atoms with Crippen molar-refractivity contribution in [1.29, 1.82) is 0 Å². The van der Waals surface area contributed by atoms with Gasteiger partial charge in [-0.25, -0.2) is 0 Å². The van der Waals surface area contributed by atoms with Gasteiger partial charge in [0.1, 0.15) is 5.75 Å². The molecule has 0 aromatic heterocycles. The molecule has 20 heavy (non-hydrogen) atoms. The van der Waals surface area contributed by atoms with Gasteiger partial charge in [-0.2, -0.15) is 0 Å². The largest absolute Gasteiger partial charge is 0.497 e. The summed E-state index contributed by atoms with van der Waals surface area (Å²) in [6.45, 7) is 2.52. The van der Waals surface area contributed by atoms with Crippen molar-refractivity contribution in [3.05, 3.63) is 29.8 Å². The van der Waals surface area contributed by atoms with E-state index in [1.165, 1.54) is 5.56 Å². The second-order valence-electron chi connectivity index (χ2n) is 4.94. The third kappa shape index (κ3) is 5.02. The summed E-state index contributed by atoms with van der Waals surface area (Å²) >= 11 is 0. The summed E-state index contributed by atoms with van der Waals surface area (Å²) in [5.74, 6) is 1.24. The van der Waals surface area contributed by atoms with Gasteiger partial charge >= 0.3 is 0 Å². The number of halogens is 1. The Morgan fingerprint density at radius 3 is 3.05 bits per heavy atom. The van der Waals surface area contributed by atoms with E-state index in [1.807, 2.05) is 18.2 Å². The first kappa shape index (κ1) is 16.8. The summed E-state index contributed by atoms with van der Waals surface area (Å²) in [5, 5.41) is 6.22. The van der Waals surface area contributed by atoms with Crippen LogP contribution in [0.5, 0.6) is 5.75 Å². The van der Waals surface area contributed by atoms with Gasteiger partial charge in [-0.3, -0.25) is 4.79 Å². The number of ether oxygens (including phenoxy) is 1. The van der Waals surface area contributed by atoms with Crippen LogP contribution in [-0.4, -0.2) is 32.7 Å². The van der Waals surface area contributed by atoms with Gasteiger partial charge in [0.05, 0.1) is 13.0 Å². The lowest BCUT2D eigenvalue weighted by Crippen LogP contribution is -2.32. The summed E-state index contributed by atoms with van der Waals surface area (Å²) < 4.78 is 5.19. The third-order valence-corrected chi connectivity index (χ3v) is 3.51. The molecule has 1 aliphatic rings. The highest BCUT2D eigenvalue weighted by atomic mass is 35.5. The standard InChI is InChI=1S/C15H22N2O2.ClH/c1-19-14-6-2-4-12(10-14)5-3-8-17-15(18)13-7-9-16-11-13;/h2,4,6,10,13,16H,3,5,7-9,11H2,1H3,(H,17,18);1H. The van der Waals surface area contributed by atoms with Crippen molar-refractivity contribution < 1.29 is 9.53 Å². The van der Waals surface area contributed by atoms with E-state index >= 15 is 0 Å². The van der Waals surface area contributed by atoms with Crippen molar-refractivity contribution in [3.8, 4) is 5.75 Å². The molecule has 4 nitrogen and oxygen atoms in total. The number of aryl methyl sites for hydroxylation is 1. The molecule has 1 aromatic carbocycles. The molecule has 1 aromatic rings. The van der Waals surface area contributed by atoms with Gasteiger partial charge in [0.25, 0.3) is 0 Å². The number of methoxy groups -OCH3 is 1. The molecule has 1 heterocycles. The molecule has 1 unspecified atom stereocenters. The van der Waals surface area contributed by atoms with Gasteiger partial charge in [-0.15, -0.1) is 12.4 Å². The number of carbonyl (C=O) groups excluding carboxylic acids is 1. The number of carbonyl (C=O) groups is 1. The number of benzene rings is 1. The number of amides is 1. The zero-order chi connectivity index (χ0) is 13.5. The van der Waals surface area contributed by atoms with E-state index in [2.05, 4.69) is 16.7 Å². The maximum atomic E-state index is 11.8. The molecule has 2 rings (SSSR count). The summed E-state index contributed by atoms with van der Waals surface area (Å²) in [6.07, 6.45) is 2.88. The van der Waals surface area contributed by atoms with Gasteiger partial charge in [0.2, 0.25) is 5.91 Å². The molecule has 2 N–H and O–H groups in total. The van der Waals surface area contributed by atoms with Gasteiger partial charge in [-0.05, 0) is 43.5 Å². The van der Waals surface area contributed by atoms with Gasteiger partial charge in [-0.1, -0.05) is 12.1 Å². The molecule has 5 heteroatoms. The Hall–Kier alpha value is -1.26. The minimum absolute atomic E-state index is 0. The fraction of sp³-hybridized carbons (Fsp3) is 0.533. The van der Waals surface area contributed by atoms with Crippen molar-refractivity contribution in [2.75, 3.05) is 26.7 Å². The number of hydrogen-bond donors (Lipinski definition) is 2. The van der Waals surface area contributed by atoms with E-state index in [-0.39, 0.29) is 24.2 Å². The van der Waals surface area contributed by atoms with Gasteiger partial charge in [0.15, 0.2) is 0 Å². The Morgan fingerprint density at radius 2 is 2.35 bits per heavy atom. The van der Waals surface area contributed by atoms with E-state index in [1.54, 1.807) is 7.11 Å². The zero-order valence-electron chi connectivity index (χ0n) is 11.9. The summed E-state index contributed by atoms with van der Waals surface area (Å²) in [4.78, 5) is 11.8. The van der Waals surface area contributed by atoms with Crippen molar-refractivity contribution in [1.82, 2.24) is 10.6 Å². The lowest BCUT2D eigenvalue weighted by atomic mass is 10.1. The van der Waals surface area contributed by atoms with Crippen LogP contribution < -0.4 is 15.4 Å². The lowest BCUT2D eigenvalue weighted by Gasteiger charge is -2.10. The molecule has 0 radical (unpaired) electrons. The topological polar surface area (TPSA) is 50.4 Å². The number of hydrogen-bond acceptors (Lipinski definition) is 3. The molecular weight excluding hydrogens is 276 g/mol. The van der Waals surface area contributed by atoms with Crippen LogP contribution in [0.3, 0.4) is 0 Å². The fourth-order valence-corrected chi connectivity index (χ4v) is 2.35. The maximum Gasteiger partial charge on any atom is 0.224 e. The molecule has 0 saturated carbocycles. The molecule has 0 spiro atoms. The minimum Gasteiger partial charge on any atom is -0.497 e. The van der Waals surface area contributed by atoms with E-state index in [0.717, 1.165) is 44.6 Å². The first-order valence-electron chi connectivity index (χ1n) is 6.91. The highest BCUT2D eigenvalue weighted by Crippen LogP contribution is 2.13. The molecule has 1 saturated heterocycles. The van der Waals surface area contributed by atoms with Crippen molar-refractivity contribution in [3.63, 3.8) is 0 Å². The van der Waals surface area contributed by atoms with E-state index in [9.17, 15) is 4.79 Å². The van der Waals surface area contributed by atoms with Crippen LogP contribution in [-0.2, 0) is 11.2 Å². The summed E-state index contributed by atoms with van der Waals surface area (Å²) in [5.41, 5.74) is 1.25. The van der Waals surface area contributed by atoms with Crippen molar-refractivity contribution in [2.45, 2.75) is 19.3 Å². The zero-order valence-corrected chi connectivity index (χ0v) is 12.7. The van der Waals surface area contributed by atoms with Crippen LogP contribution in [0, 0.1) is 5.92 Å². The molecule has 1 atom stereocenters. The predicted octanol–water partition coefficient (Wildman–Crippen LogP) is 1.78. The molecule has 1 aliphatic heterocycles. The fourth-order valence-electron chi connectivity index (χ4n) is 2.35. The second kappa shape index (κ2) is 8.82. The first-order valence-corrected chi connectivity index (χ1v) is 6.91. The van der Waals surface area contributed by atoms with Crippen molar-refractivity contribution >= 4 is 18.3 Å². The summed E-state index contributed by atoms with van der Waals surface area (Å²) in [6, 6.07) is 8.07. The highest BCUT2D eigenvalue weighted by molar-refractivity contribution is 5.85. The quantitative estimate of drug-likeness (QED) is 0.787. The predicted molar refractivity (Wildman–Crippen MR) is 82.5 cm³/mol. The third-order valence-electron chi connectivity index (χ3n) is 3.51. The molecule has 0 bridgehead atoms. The molecule has 0 aliphatic carbocycles. The lowest BCUT2D eigenvalue weighted by molar-refractivity contribution is -0.124. The SMILES string of the molecule is COc1cccc(CCCNC(=O)C2CCNC2)c1.Cl. The smallest absolute Gasteiger partial charge is 0.224 e. The van der Waals surface area contributed by atoms with Crippen LogP contribution in [0.1, 0.15) is 18.4 Å². The average molecular weight is 299 g/mol. The van der Waals surface area contributed by atoms with E-state index < -0.39 is 0 Å². The van der Waals surface area contributed by atoms with Crippen molar-refractivity contribution in [2.24, 2.45) is 5.92 Å². The Bertz CT molecular complexity index is 420. The maximum absolute atomic E-state index is 11.8. The van der Waals surface area contributed by atoms with E-state index in [4.69, 9.17) is 4.74 Å². The van der Waals surface area contributed by atoms with Gasteiger partial charge < -0.3 is 15.4 Å². The number of nitrogens with one attached hydrogen (secondary N) is 2.